The van der Waals surface area contributed by atoms with E-state index in [1.54, 1.807) is 0 Å². The van der Waals surface area contributed by atoms with Crippen LogP contribution in [0.1, 0.15) is 65.2 Å². The summed E-state index contributed by atoms with van der Waals surface area (Å²) in [5.41, 5.74) is 3.94. The van der Waals surface area contributed by atoms with Gasteiger partial charge in [0.25, 0.3) is 0 Å². The van der Waals surface area contributed by atoms with Gasteiger partial charge in [0.2, 0.25) is 0 Å². The van der Waals surface area contributed by atoms with Crippen LogP contribution >= 0.6 is 0 Å². The molecule has 0 saturated carbocycles. The molecular formula is C20H30O2. The first-order valence-electron chi connectivity index (χ1n) is 7.87. The van der Waals surface area contributed by atoms with Gasteiger partial charge in [-0.1, -0.05) is 71.9 Å². The van der Waals surface area contributed by atoms with Crippen molar-refractivity contribution in [2.75, 3.05) is 7.11 Å². The molecule has 2 nitrogen and oxygen atoms in total. The quantitative estimate of drug-likeness (QED) is 0.726. The second-order valence-corrected chi connectivity index (χ2v) is 8.01. The van der Waals surface area contributed by atoms with E-state index in [0.29, 0.717) is 0 Å². The molecular weight excluding hydrogens is 272 g/mol. The Hall–Kier alpha value is -1.57. The molecule has 2 heteroatoms. The highest BCUT2D eigenvalue weighted by molar-refractivity contribution is 5.75. The third kappa shape index (κ3) is 5.01. The maximum Gasteiger partial charge on any atom is 0.312 e. The van der Waals surface area contributed by atoms with Crippen molar-refractivity contribution < 1.29 is 9.53 Å². The number of carbonyl (C=O) groups excluding carboxylic acids is 1. The Labute approximate surface area is 135 Å². The molecule has 1 aromatic rings. The highest BCUT2D eigenvalue weighted by atomic mass is 16.5. The van der Waals surface area contributed by atoms with Crippen LogP contribution in [0.4, 0.5) is 0 Å². The van der Waals surface area contributed by atoms with Crippen LogP contribution in [0.15, 0.2) is 24.3 Å². The lowest BCUT2D eigenvalue weighted by Crippen LogP contribution is -2.16. The van der Waals surface area contributed by atoms with Gasteiger partial charge in [0.15, 0.2) is 0 Å². The van der Waals surface area contributed by atoms with Gasteiger partial charge in [-0.2, -0.15) is 0 Å². The smallest absolute Gasteiger partial charge is 0.312 e. The zero-order valence-corrected chi connectivity index (χ0v) is 15.3. The summed E-state index contributed by atoms with van der Waals surface area (Å²) in [6, 6.07) is 6.70. The number of esters is 1. The first-order valence-corrected chi connectivity index (χ1v) is 7.87. The molecule has 0 radical (unpaired) electrons. The van der Waals surface area contributed by atoms with Crippen LogP contribution in [0, 0.1) is 5.92 Å². The number of benzene rings is 1. The minimum absolute atomic E-state index is 0.0951. The number of ether oxygens (including phenoxy) is 1. The molecule has 0 unspecified atom stereocenters. The molecule has 0 saturated heterocycles. The fraction of sp³-hybridized carbons (Fsp3) is 0.550. The second kappa shape index (κ2) is 6.68. The number of hydrogen-bond donors (Lipinski definition) is 0. The first-order chi connectivity index (χ1) is 9.95. The van der Waals surface area contributed by atoms with Crippen molar-refractivity contribution in [1.29, 1.82) is 0 Å². The van der Waals surface area contributed by atoms with Gasteiger partial charge >= 0.3 is 5.97 Å². The molecule has 0 bridgehead atoms. The van der Waals surface area contributed by atoms with Gasteiger partial charge < -0.3 is 4.74 Å². The summed E-state index contributed by atoms with van der Waals surface area (Å²) in [6.07, 6.45) is 3.92. The predicted molar refractivity (Wildman–Crippen MR) is 94.1 cm³/mol. The monoisotopic (exact) mass is 302 g/mol. The minimum atomic E-state index is -0.235. The van der Waals surface area contributed by atoms with E-state index in [2.05, 4.69) is 59.7 Å². The van der Waals surface area contributed by atoms with Crippen LogP contribution in [-0.2, 0) is 20.4 Å². The van der Waals surface area contributed by atoms with Gasteiger partial charge in [0, 0.05) is 0 Å². The fourth-order valence-electron chi connectivity index (χ4n) is 2.13. The van der Waals surface area contributed by atoms with Crippen LogP contribution < -0.4 is 0 Å². The average Bonchev–Trinajstić information content (AvgIpc) is 2.41. The van der Waals surface area contributed by atoms with Crippen molar-refractivity contribution in [3.05, 3.63) is 41.0 Å². The molecule has 0 amide bonds. The van der Waals surface area contributed by atoms with Crippen LogP contribution in [0.5, 0.6) is 0 Å². The molecule has 0 aliphatic heterocycles. The molecule has 0 fully saturated rings. The summed E-state index contributed by atoms with van der Waals surface area (Å²) in [5, 5.41) is 0. The van der Waals surface area contributed by atoms with E-state index in [4.69, 9.17) is 4.74 Å². The zero-order chi connectivity index (χ0) is 17.1. The molecule has 0 spiro atoms. The van der Waals surface area contributed by atoms with E-state index < -0.39 is 0 Å². The third-order valence-electron chi connectivity index (χ3n) is 3.84. The maximum atomic E-state index is 11.5. The SMILES string of the molecule is COC(=O)[C@@H](C)/C=C/c1cc(C(C)(C)C)cc(C(C)(C)C)c1. The molecule has 1 atom stereocenters. The van der Waals surface area contributed by atoms with E-state index in [1.807, 2.05) is 19.1 Å². The Balaban J connectivity index is 3.25. The van der Waals surface area contributed by atoms with Crippen LogP contribution in [0.3, 0.4) is 0 Å². The Bertz CT molecular complexity index is 522. The van der Waals surface area contributed by atoms with Crippen molar-refractivity contribution in [3.63, 3.8) is 0 Å². The van der Waals surface area contributed by atoms with E-state index >= 15 is 0 Å². The predicted octanol–water partition coefficient (Wildman–Crippen LogP) is 5.10. The summed E-state index contributed by atoms with van der Waals surface area (Å²) < 4.78 is 4.77. The van der Waals surface area contributed by atoms with Gasteiger partial charge in [0.05, 0.1) is 13.0 Å². The van der Waals surface area contributed by atoms with E-state index in [-0.39, 0.29) is 22.7 Å². The largest absolute Gasteiger partial charge is 0.469 e. The molecule has 1 rings (SSSR count). The highest BCUT2D eigenvalue weighted by Gasteiger charge is 2.20. The Morgan fingerprint density at radius 1 is 1.00 bits per heavy atom. The molecule has 122 valence electrons. The van der Waals surface area contributed by atoms with Gasteiger partial charge in [-0.15, -0.1) is 0 Å². The second-order valence-electron chi connectivity index (χ2n) is 8.01. The minimum Gasteiger partial charge on any atom is -0.469 e. The standard InChI is InChI=1S/C20H30O2/c1-14(18(21)22-8)9-10-15-11-16(19(2,3)4)13-17(12-15)20(5,6)7/h9-14H,1-8H3/b10-9+/t14-/m0/s1. The Morgan fingerprint density at radius 3 is 1.82 bits per heavy atom. The van der Waals surface area contributed by atoms with Gasteiger partial charge in [-0.3, -0.25) is 4.79 Å². The van der Waals surface area contributed by atoms with Crippen LogP contribution in [0.2, 0.25) is 0 Å². The topological polar surface area (TPSA) is 26.3 Å². The number of rotatable bonds is 3. The first kappa shape index (κ1) is 18.5. The molecule has 22 heavy (non-hydrogen) atoms. The Morgan fingerprint density at radius 2 is 1.45 bits per heavy atom. The lowest BCUT2D eigenvalue weighted by atomic mass is 9.79. The molecule has 0 aromatic heterocycles. The van der Waals surface area contributed by atoms with Crippen molar-refractivity contribution >= 4 is 12.0 Å². The summed E-state index contributed by atoms with van der Waals surface area (Å²) in [4.78, 5) is 11.5. The molecule has 0 N–H and O–H groups in total. The van der Waals surface area contributed by atoms with E-state index in [0.717, 1.165) is 5.56 Å². The number of hydrogen-bond acceptors (Lipinski definition) is 2. The lowest BCUT2D eigenvalue weighted by molar-refractivity contribution is -0.143. The van der Waals surface area contributed by atoms with E-state index in [1.165, 1.54) is 18.2 Å². The third-order valence-corrected chi connectivity index (χ3v) is 3.84. The van der Waals surface area contributed by atoms with Gasteiger partial charge in [-0.05, 0) is 34.4 Å². The summed E-state index contributed by atoms with van der Waals surface area (Å²) in [7, 11) is 1.42. The van der Waals surface area contributed by atoms with Crippen LogP contribution in [-0.4, -0.2) is 13.1 Å². The van der Waals surface area contributed by atoms with Crippen molar-refractivity contribution in [1.82, 2.24) is 0 Å². The molecule has 1 aromatic carbocycles. The number of methoxy groups -OCH3 is 1. The number of carbonyl (C=O) groups is 1. The van der Waals surface area contributed by atoms with Crippen LogP contribution in [0.25, 0.3) is 6.08 Å². The lowest BCUT2D eigenvalue weighted by Gasteiger charge is -2.25. The summed E-state index contributed by atoms with van der Waals surface area (Å²) in [5.74, 6) is -0.444. The molecule has 0 heterocycles. The molecule has 0 aliphatic carbocycles. The summed E-state index contributed by atoms with van der Waals surface area (Å²) in [6.45, 7) is 15.2. The average molecular weight is 302 g/mol. The molecule has 0 aliphatic rings. The zero-order valence-electron chi connectivity index (χ0n) is 15.3. The normalized spacial score (nSPS) is 14.2. The van der Waals surface area contributed by atoms with Crippen molar-refractivity contribution in [3.8, 4) is 0 Å². The van der Waals surface area contributed by atoms with Gasteiger partial charge in [-0.25, -0.2) is 0 Å². The van der Waals surface area contributed by atoms with E-state index in [9.17, 15) is 4.79 Å². The van der Waals surface area contributed by atoms with Gasteiger partial charge in [0.1, 0.15) is 0 Å². The summed E-state index contributed by atoms with van der Waals surface area (Å²) >= 11 is 0. The van der Waals surface area contributed by atoms with Crippen molar-refractivity contribution in [2.45, 2.75) is 59.3 Å². The fourth-order valence-corrected chi connectivity index (χ4v) is 2.13. The Kier molecular flexibility index (Phi) is 5.61. The highest BCUT2D eigenvalue weighted by Crippen LogP contribution is 2.30. The van der Waals surface area contributed by atoms with Crippen molar-refractivity contribution in [2.24, 2.45) is 5.92 Å². The maximum absolute atomic E-state index is 11.5.